The Labute approximate surface area is 173 Å². The van der Waals surface area contributed by atoms with Gasteiger partial charge in [0, 0.05) is 49.1 Å². The van der Waals surface area contributed by atoms with Crippen LogP contribution in [0.15, 0.2) is 42.6 Å². The average Bonchev–Trinajstić information content (AvgIpc) is 3.20. The lowest BCUT2D eigenvalue weighted by Crippen LogP contribution is -2.25. The Morgan fingerprint density at radius 1 is 1.24 bits per heavy atom. The highest BCUT2D eigenvalue weighted by Gasteiger charge is 2.21. The van der Waals surface area contributed by atoms with Gasteiger partial charge in [0.05, 0.1) is 16.4 Å². The number of thiazole rings is 1. The molecule has 3 heterocycles. The van der Waals surface area contributed by atoms with E-state index in [1.54, 1.807) is 17.4 Å². The number of rotatable bonds is 3. The van der Waals surface area contributed by atoms with Gasteiger partial charge in [-0.25, -0.2) is 4.98 Å². The molecular weight excluding hydrogens is 384 g/mol. The minimum absolute atomic E-state index is 0.177. The van der Waals surface area contributed by atoms with Gasteiger partial charge in [-0.1, -0.05) is 12.1 Å². The number of hydrogen-bond acceptors (Lipinski definition) is 6. The maximum absolute atomic E-state index is 10.6. The molecule has 0 bridgehead atoms. The van der Waals surface area contributed by atoms with Gasteiger partial charge in [-0.15, -0.1) is 11.3 Å². The van der Waals surface area contributed by atoms with Crippen molar-refractivity contribution >= 4 is 21.6 Å². The number of para-hydroxylation sites is 1. The first-order valence-electron chi connectivity index (χ1n) is 9.63. The zero-order valence-corrected chi connectivity index (χ0v) is 17.2. The maximum Gasteiger partial charge on any atom is 0.165 e. The number of phenols is 1. The summed E-state index contributed by atoms with van der Waals surface area (Å²) < 4.78 is 8.94. The van der Waals surface area contributed by atoms with Crippen molar-refractivity contribution in [2.45, 2.75) is 20.0 Å². The van der Waals surface area contributed by atoms with Gasteiger partial charge in [0.1, 0.15) is 11.6 Å². The summed E-state index contributed by atoms with van der Waals surface area (Å²) in [6.07, 6.45) is 1.93. The van der Waals surface area contributed by atoms with Crippen molar-refractivity contribution in [3.8, 4) is 22.1 Å². The molecule has 148 valence electrons. The molecule has 0 fully saturated rings. The number of phenolic OH excluding ortho intramolecular Hbond substituents is 1. The van der Waals surface area contributed by atoms with Gasteiger partial charge in [0.15, 0.2) is 11.5 Å². The second-order valence-electron chi connectivity index (χ2n) is 7.41. The minimum Gasteiger partial charge on any atom is -0.504 e. The van der Waals surface area contributed by atoms with Crippen LogP contribution < -0.4 is 4.74 Å². The van der Waals surface area contributed by atoms with Crippen LogP contribution >= 0.6 is 11.3 Å². The summed E-state index contributed by atoms with van der Waals surface area (Å²) in [7, 11) is 1.96. The first kappa shape index (κ1) is 18.1. The molecule has 0 aliphatic carbocycles. The Balaban J connectivity index is 1.48. The van der Waals surface area contributed by atoms with Crippen LogP contribution in [-0.4, -0.2) is 37.9 Å². The highest BCUT2D eigenvalue weighted by molar-refractivity contribution is 7.21. The van der Waals surface area contributed by atoms with Gasteiger partial charge in [0.25, 0.3) is 0 Å². The fourth-order valence-electron chi connectivity index (χ4n) is 3.75. The van der Waals surface area contributed by atoms with E-state index in [1.807, 2.05) is 36.1 Å². The van der Waals surface area contributed by atoms with Gasteiger partial charge in [-0.3, -0.25) is 9.58 Å². The maximum atomic E-state index is 10.6. The Hall–Kier alpha value is -2.90. The molecule has 0 saturated carbocycles. The van der Waals surface area contributed by atoms with Gasteiger partial charge >= 0.3 is 0 Å². The smallest absolute Gasteiger partial charge is 0.165 e. The number of benzene rings is 2. The largest absolute Gasteiger partial charge is 0.504 e. The van der Waals surface area contributed by atoms with Crippen molar-refractivity contribution in [3.05, 3.63) is 59.4 Å². The molecule has 2 aromatic heterocycles. The second kappa shape index (κ2) is 7.17. The summed E-state index contributed by atoms with van der Waals surface area (Å²) in [5.41, 5.74) is 5.26. The third-order valence-corrected chi connectivity index (χ3v) is 6.55. The molecule has 0 atom stereocenters. The zero-order chi connectivity index (χ0) is 20.0. The van der Waals surface area contributed by atoms with E-state index in [9.17, 15) is 5.11 Å². The monoisotopic (exact) mass is 406 g/mol. The number of aromatic nitrogens is 3. The van der Waals surface area contributed by atoms with E-state index in [0.29, 0.717) is 18.9 Å². The van der Waals surface area contributed by atoms with E-state index in [4.69, 9.17) is 9.72 Å². The van der Waals surface area contributed by atoms with Crippen molar-refractivity contribution in [2.75, 3.05) is 13.2 Å². The third-order valence-electron chi connectivity index (χ3n) is 5.47. The fraction of sp³-hybridized carbons (Fsp3) is 0.273. The number of nitrogens with zero attached hydrogens (tertiary/aromatic N) is 4. The third kappa shape index (κ3) is 3.36. The van der Waals surface area contributed by atoms with E-state index >= 15 is 0 Å². The van der Waals surface area contributed by atoms with Gasteiger partial charge in [-0.2, -0.15) is 5.10 Å². The van der Waals surface area contributed by atoms with Crippen LogP contribution in [-0.2, 0) is 20.1 Å². The molecule has 1 N–H and O–H groups in total. The zero-order valence-electron chi connectivity index (χ0n) is 16.4. The van der Waals surface area contributed by atoms with Crippen LogP contribution in [0.4, 0.5) is 0 Å². The van der Waals surface area contributed by atoms with Gasteiger partial charge in [-0.05, 0) is 31.2 Å². The standard InChI is InChI=1S/C22H22N4O2S/c1-14-17(11-23-25(14)2)13-26-7-8-28-21-16(12-26)9-15(10-19(21)27)22-24-18-5-3-4-6-20(18)29-22/h3-6,9-11,27H,7-8,12-13H2,1-2H3. The lowest BCUT2D eigenvalue weighted by atomic mass is 10.1. The quantitative estimate of drug-likeness (QED) is 0.555. The Morgan fingerprint density at radius 2 is 2.10 bits per heavy atom. The SMILES string of the molecule is Cc1c(CN2CCOc3c(O)cc(-c4nc5ccccc5s4)cc3C2)cnn1C. The van der Waals surface area contributed by atoms with Crippen molar-refractivity contribution in [2.24, 2.45) is 7.05 Å². The summed E-state index contributed by atoms with van der Waals surface area (Å²) in [6, 6.07) is 12.0. The normalized spacial score (nSPS) is 14.6. The Bertz CT molecular complexity index is 1160. The first-order chi connectivity index (χ1) is 14.1. The molecule has 1 aliphatic rings. The van der Waals surface area contributed by atoms with E-state index in [0.717, 1.165) is 39.4 Å². The number of aryl methyl sites for hydroxylation is 1. The van der Waals surface area contributed by atoms with Crippen LogP contribution in [0.5, 0.6) is 11.5 Å². The van der Waals surface area contributed by atoms with Gasteiger partial charge in [0.2, 0.25) is 0 Å². The molecule has 0 radical (unpaired) electrons. The molecule has 5 rings (SSSR count). The van der Waals surface area contributed by atoms with E-state index in [2.05, 4.69) is 29.1 Å². The summed E-state index contributed by atoms with van der Waals surface area (Å²) in [5, 5.41) is 15.9. The minimum atomic E-state index is 0.177. The molecule has 7 heteroatoms. The molecule has 0 amide bonds. The predicted molar refractivity (Wildman–Crippen MR) is 114 cm³/mol. The molecule has 4 aromatic rings. The van der Waals surface area contributed by atoms with Crippen LogP contribution in [0, 0.1) is 6.92 Å². The van der Waals surface area contributed by atoms with E-state index < -0.39 is 0 Å². The van der Waals surface area contributed by atoms with Crippen LogP contribution in [0.1, 0.15) is 16.8 Å². The molecule has 0 saturated heterocycles. The highest BCUT2D eigenvalue weighted by atomic mass is 32.1. The second-order valence-corrected chi connectivity index (χ2v) is 8.44. The Morgan fingerprint density at radius 3 is 2.90 bits per heavy atom. The van der Waals surface area contributed by atoms with Crippen molar-refractivity contribution in [1.82, 2.24) is 19.7 Å². The first-order valence-corrected chi connectivity index (χ1v) is 10.4. The van der Waals surface area contributed by atoms with Crippen molar-refractivity contribution < 1.29 is 9.84 Å². The molecular formula is C22H22N4O2S. The number of aromatic hydroxyl groups is 1. The van der Waals surface area contributed by atoms with Gasteiger partial charge < -0.3 is 9.84 Å². The highest BCUT2D eigenvalue weighted by Crippen LogP contribution is 2.39. The molecule has 0 unspecified atom stereocenters. The van der Waals surface area contributed by atoms with Crippen LogP contribution in [0.2, 0.25) is 0 Å². The lowest BCUT2D eigenvalue weighted by molar-refractivity contribution is 0.217. The lowest BCUT2D eigenvalue weighted by Gasteiger charge is -2.19. The molecule has 6 nitrogen and oxygen atoms in total. The molecule has 1 aliphatic heterocycles. The summed E-state index contributed by atoms with van der Waals surface area (Å²) in [5.74, 6) is 0.761. The number of ether oxygens (including phenoxy) is 1. The van der Waals surface area contributed by atoms with E-state index in [-0.39, 0.29) is 5.75 Å². The summed E-state index contributed by atoms with van der Waals surface area (Å²) >= 11 is 1.64. The van der Waals surface area contributed by atoms with Crippen LogP contribution in [0.25, 0.3) is 20.8 Å². The summed E-state index contributed by atoms with van der Waals surface area (Å²) in [4.78, 5) is 7.07. The van der Waals surface area contributed by atoms with E-state index in [1.165, 1.54) is 11.3 Å². The molecule has 29 heavy (non-hydrogen) atoms. The number of hydrogen-bond donors (Lipinski definition) is 1. The van der Waals surface area contributed by atoms with Crippen molar-refractivity contribution in [1.29, 1.82) is 0 Å². The Kier molecular flexibility index (Phi) is 4.49. The predicted octanol–water partition coefficient (Wildman–Crippen LogP) is 4.11. The molecule has 0 spiro atoms. The van der Waals surface area contributed by atoms with Crippen molar-refractivity contribution in [3.63, 3.8) is 0 Å². The summed E-state index contributed by atoms with van der Waals surface area (Å²) in [6.45, 7) is 4.92. The fourth-order valence-corrected chi connectivity index (χ4v) is 4.70. The average molecular weight is 407 g/mol. The topological polar surface area (TPSA) is 63.4 Å². The molecule has 2 aromatic carbocycles. The number of fused-ring (bicyclic) bond motifs is 2. The van der Waals surface area contributed by atoms with Crippen LogP contribution in [0.3, 0.4) is 0 Å².